The van der Waals surface area contributed by atoms with Crippen molar-refractivity contribution in [3.63, 3.8) is 0 Å². The minimum atomic E-state index is -3.32. The van der Waals surface area contributed by atoms with E-state index < -0.39 is 15.7 Å². The zero-order valence-corrected chi connectivity index (χ0v) is 11.9. The molecular formula is C13H18N2O4S. The van der Waals surface area contributed by atoms with E-state index in [-0.39, 0.29) is 23.3 Å². The van der Waals surface area contributed by atoms with Crippen molar-refractivity contribution in [1.82, 2.24) is 4.98 Å². The fourth-order valence-corrected chi connectivity index (χ4v) is 3.76. The molecule has 0 radical (unpaired) electrons. The first-order valence-electron chi connectivity index (χ1n) is 6.54. The molecule has 7 heteroatoms. The second kappa shape index (κ2) is 6.32. The SMILES string of the molecule is NC(=O)c1cccc(CS(=O)(=O)C[C@H]2CCCCO2)n1. The van der Waals surface area contributed by atoms with Crippen LogP contribution in [0.15, 0.2) is 18.2 Å². The van der Waals surface area contributed by atoms with E-state index in [0.717, 1.165) is 19.3 Å². The highest BCUT2D eigenvalue weighted by molar-refractivity contribution is 7.90. The number of carbonyl (C=O) groups excluding carboxylic acids is 1. The third kappa shape index (κ3) is 4.28. The number of hydrogen-bond donors (Lipinski definition) is 1. The van der Waals surface area contributed by atoms with Gasteiger partial charge in [0, 0.05) is 6.61 Å². The van der Waals surface area contributed by atoms with Crippen molar-refractivity contribution in [2.45, 2.75) is 31.1 Å². The molecular weight excluding hydrogens is 280 g/mol. The highest BCUT2D eigenvalue weighted by atomic mass is 32.2. The molecule has 1 aliphatic heterocycles. The normalized spacial score (nSPS) is 19.7. The molecule has 0 saturated carbocycles. The fourth-order valence-electron chi connectivity index (χ4n) is 2.20. The highest BCUT2D eigenvalue weighted by Gasteiger charge is 2.23. The molecule has 6 nitrogen and oxygen atoms in total. The van der Waals surface area contributed by atoms with Crippen LogP contribution in [0.4, 0.5) is 0 Å². The summed E-state index contributed by atoms with van der Waals surface area (Å²) in [6, 6.07) is 4.61. The minimum Gasteiger partial charge on any atom is -0.377 e. The molecule has 1 aromatic heterocycles. The number of rotatable bonds is 5. The Morgan fingerprint density at radius 1 is 1.40 bits per heavy atom. The summed E-state index contributed by atoms with van der Waals surface area (Å²) in [7, 11) is -3.32. The monoisotopic (exact) mass is 298 g/mol. The molecule has 0 spiro atoms. The van der Waals surface area contributed by atoms with Crippen molar-refractivity contribution in [3.05, 3.63) is 29.6 Å². The number of nitrogens with two attached hydrogens (primary N) is 1. The second-order valence-electron chi connectivity index (χ2n) is 4.92. The third-order valence-electron chi connectivity index (χ3n) is 3.14. The number of aromatic nitrogens is 1. The molecule has 0 unspecified atom stereocenters. The zero-order chi connectivity index (χ0) is 14.6. The fraction of sp³-hybridized carbons (Fsp3) is 0.538. The van der Waals surface area contributed by atoms with Crippen LogP contribution in [0.5, 0.6) is 0 Å². The number of sulfone groups is 1. The smallest absolute Gasteiger partial charge is 0.267 e. The van der Waals surface area contributed by atoms with E-state index in [9.17, 15) is 13.2 Å². The summed E-state index contributed by atoms with van der Waals surface area (Å²) in [6.45, 7) is 0.621. The summed E-state index contributed by atoms with van der Waals surface area (Å²) in [4.78, 5) is 15.0. The maximum Gasteiger partial charge on any atom is 0.267 e. The first kappa shape index (κ1) is 14.9. The van der Waals surface area contributed by atoms with Gasteiger partial charge in [-0.25, -0.2) is 13.4 Å². The maximum atomic E-state index is 12.1. The van der Waals surface area contributed by atoms with Gasteiger partial charge in [0.2, 0.25) is 0 Å². The highest BCUT2D eigenvalue weighted by Crippen LogP contribution is 2.16. The van der Waals surface area contributed by atoms with E-state index in [2.05, 4.69) is 4.98 Å². The Bertz CT molecular complexity index is 580. The number of carbonyl (C=O) groups is 1. The average molecular weight is 298 g/mol. The van der Waals surface area contributed by atoms with Crippen molar-refractivity contribution < 1.29 is 17.9 Å². The molecule has 0 aliphatic carbocycles. The van der Waals surface area contributed by atoms with Crippen LogP contribution in [0.25, 0.3) is 0 Å². The number of hydrogen-bond acceptors (Lipinski definition) is 5. The van der Waals surface area contributed by atoms with E-state index in [1.165, 1.54) is 6.07 Å². The summed E-state index contributed by atoms with van der Waals surface area (Å²) >= 11 is 0. The summed E-state index contributed by atoms with van der Waals surface area (Å²) in [5, 5.41) is 0. The lowest BCUT2D eigenvalue weighted by Crippen LogP contribution is -2.28. The number of pyridine rings is 1. The number of primary amides is 1. The van der Waals surface area contributed by atoms with Gasteiger partial charge in [0.1, 0.15) is 5.69 Å². The van der Waals surface area contributed by atoms with Gasteiger partial charge in [-0.15, -0.1) is 0 Å². The van der Waals surface area contributed by atoms with Crippen LogP contribution in [0.1, 0.15) is 35.4 Å². The van der Waals surface area contributed by atoms with E-state index in [4.69, 9.17) is 10.5 Å². The molecule has 20 heavy (non-hydrogen) atoms. The van der Waals surface area contributed by atoms with E-state index >= 15 is 0 Å². The van der Waals surface area contributed by atoms with Gasteiger partial charge in [0.15, 0.2) is 9.84 Å². The minimum absolute atomic E-state index is 0.00449. The van der Waals surface area contributed by atoms with E-state index in [1.807, 2.05) is 0 Å². The largest absolute Gasteiger partial charge is 0.377 e. The molecule has 110 valence electrons. The molecule has 2 heterocycles. The zero-order valence-electron chi connectivity index (χ0n) is 11.1. The molecule has 2 rings (SSSR count). The lowest BCUT2D eigenvalue weighted by atomic mass is 10.1. The quantitative estimate of drug-likeness (QED) is 0.861. The average Bonchev–Trinajstić information content (AvgIpc) is 2.39. The van der Waals surface area contributed by atoms with Crippen LogP contribution in [-0.2, 0) is 20.3 Å². The van der Waals surface area contributed by atoms with Crippen LogP contribution >= 0.6 is 0 Å². The Morgan fingerprint density at radius 3 is 2.85 bits per heavy atom. The Morgan fingerprint density at radius 2 is 2.20 bits per heavy atom. The van der Waals surface area contributed by atoms with Crippen molar-refractivity contribution in [2.75, 3.05) is 12.4 Å². The van der Waals surface area contributed by atoms with Gasteiger partial charge in [0.25, 0.3) is 5.91 Å². The van der Waals surface area contributed by atoms with Crippen LogP contribution in [0, 0.1) is 0 Å². The lowest BCUT2D eigenvalue weighted by Gasteiger charge is -2.22. The Labute approximate surface area is 118 Å². The van der Waals surface area contributed by atoms with E-state index in [1.54, 1.807) is 12.1 Å². The second-order valence-corrected chi connectivity index (χ2v) is 7.03. The van der Waals surface area contributed by atoms with Crippen molar-refractivity contribution in [2.24, 2.45) is 5.73 Å². The molecule has 0 aromatic carbocycles. The summed E-state index contributed by atoms with van der Waals surface area (Å²) in [5.74, 6) is -0.872. The van der Waals surface area contributed by atoms with Gasteiger partial charge in [-0.2, -0.15) is 0 Å². The predicted molar refractivity (Wildman–Crippen MR) is 73.8 cm³/mol. The number of ether oxygens (including phenoxy) is 1. The summed E-state index contributed by atoms with van der Waals surface area (Å²) < 4.78 is 29.7. The number of nitrogens with zero attached hydrogens (tertiary/aromatic N) is 1. The lowest BCUT2D eigenvalue weighted by molar-refractivity contribution is 0.0305. The molecule has 1 atom stereocenters. The topological polar surface area (TPSA) is 99.4 Å². The first-order chi connectivity index (χ1) is 9.46. The molecule has 1 fully saturated rings. The van der Waals surface area contributed by atoms with Crippen LogP contribution in [0.3, 0.4) is 0 Å². The van der Waals surface area contributed by atoms with Gasteiger partial charge in [-0.1, -0.05) is 6.07 Å². The molecule has 0 bridgehead atoms. The van der Waals surface area contributed by atoms with Gasteiger partial charge < -0.3 is 10.5 Å². The molecule has 2 N–H and O–H groups in total. The third-order valence-corrected chi connectivity index (χ3v) is 4.76. The van der Waals surface area contributed by atoms with Crippen LogP contribution in [0.2, 0.25) is 0 Å². The first-order valence-corrected chi connectivity index (χ1v) is 8.36. The molecule has 1 amide bonds. The molecule has 1 saturated heterocycles. The van der Waals surface area contributed by atoms with Crippen LogP contribution in [-0.4, -0.2) is 37.8 Å². The maximum absolute atomic E-state index is 12.1. The molecule has 1 aliphatic rings. The Kier molecular flexibility index (Phi) is 4.72. The number of amides is 1. The summed E-state index contributed by atoms with van der Waals surface area (Å²) in [6.07, 6.45) is 2.52. The van der Waals surface area contributed by atoms with Crippen molar-refractivity contribution >= 4 is 15.7 Å². The predicted octanol–water partition coefficient (Wildman–Crippen LogP) is 0.664. The van der Waals surface area contributed by atoms with Crippen molar-refractivity contribution in [1.29, 1.82) is 0 Å². The van der Waals surface area contributed by atoms with Gasteiger partial charge in [-0.05, 0) is 31.4 Å². The van der Waals surface area contributed by atoms with Crippen LogP contribution < -0.4 is 5.73 Å². The van der Waals surface area contributed by atoms with E-state index in [0.29, 0.717) is 12.3 Å². The Balaban J connectivity index is 2.03. The summed E-state index contributed by atoms with van der Waals surface area (Å²) in [5.41, 5.74) is 5.53. The standard InChI is InChI=1S/C13H18N2O4S/c14-13(16)12-6-3-4-10(15-12)8-20(17,18)9-11-5-1-2-7-19-11/h3-4,6,11H,1-2,5,7-9H2,(H2,14,16)/t11-/m1/s1. The van der Waals surface area contributed by atoms with Crippen molar-refractivity contribution in [3.8, 4) is 0 Å². The van der Waals surface area contributed by atoms with Gasteiger partial charge >= 0.3 is 0 Å². The molecule has 1 aromatic rings. The van der Waals surface area contributed by atoms with Gasteiger partial charge in [0.05, 0.1) is 23.3 Å². The van der Waals surface area contributed by atoms with Gasteiger partial charge in [-0.3, -0.25) is 4.79 Å². The Hall–Kier alpha value is -1.47.